The van der Waals surface area contributed by atoms with E-state index in [1.807, 2.05) is 0 Å². The van der Waals surface area contributed by atoms with Gasteiger partial charge in [0.1, 0.15) is 5.69 Å². The van der Waals surface area contributed by atoms with Gasteiger partial charge in [-0.05, 0) is 74.2 Å². The summed E-state index contributed by atoms with van der Waals surface area (Å²) >= 11 is 0. The van der Waals surface area contributed by atoms with Gasteiger partial charge in [0.05, 0.1) is 0 Å². The van der Waals surface area contributed by atoms with Crippen LogP contribution in [0.25, 0.3) is 0 Å². The molecule has 24 heavy (non-hydrogen) atoms. The molecule has 4 fully saturated rings. The molecule has 6 heteroatoms. The summed E-state index contributed by atoms with van der Waals surface area (Å²) in [7, 11) is 0. The SMILES string of the molecule is CC[C@H](NC(=O)c1ccnn1C(F)F)C12CC3CC(CC(C3)C1)C2. The first-order valence-corrected chi connectivity index (χ1v) is 9.13. The number of halogens is 2. The maximum atomic E-state index is 13.0. The fourth-order valence-electron chi connectivity index (χ4n) is 6.17. The summed E-state index contributed by atoms with van der Waals surface area (Å²) in [6.45, 7) is -0.700. The van der Waals surface area contributed by atoms with Gasteiger partial charge in [-0.25, -0.2) is 0 Å². The Morgan fingerprint density at radius 1 is 1.29 bits per heavy atom. The lowest BCUT2D eigenvalue weighted by molar-refractivity contribution is -0.0728. The third kappa shape index (κ3) is 2.54. The molecule has 1 aromatic rings. The van der Waals surface area contributed by atoms with Gasteiger partial charge in [0.25, 0.3) is 5.91 Å². The topological polar surface area (TPSA) is 46.9 Å². The van der Waals surface area contributed by atoms with Crippen molar-refractivity contribution in [2.24, 2.45) is 23.2 Å². The zero-order valence-corrected chi connectivity index (χ0v) is 14.0. The molecular weight excluding hydrogens is 312 g/mol. The maximum absolute atomic E-state index is 13.0. The van der Waals surface area contributed by atoms with Crippen molar-refractivity contribution in [3.05, 3.63) is 18.0 Å². The van der Waals surface area contributed by atoms with E-state index >= 15 is 0 Å². The fourth-order valence-corrected chi connectivity index (χ4v) is 6.17. The summed E-state index contributed by atoms with van der Waals surface area (Å²) in [5.41, 5.74) is 0.127. The van der Waals surface area contributed by atoms with Crippen molar-refractivity contribution in [1.82, 2.24) is 15.1 Å². The van der Waals surface area contributed by atoms with E-state index < -0.39 is 12.5 Å². The molecule has 1 heterocycles. The first-order chi connectivity index (χ1) is 11.5. The number of carbonyl (C=O) groups excluding carboxylic acids is 1. The molecule has 0 spiro atoms. The molecule has 132 valence electrons. The van der Waals surface area contributed by atoms with Crippen molar-refractivity contribution in [1.29, 1.82) is 0 Å². The van der Waals surface area contributed by atoms with Crippen LogP contribution in [-0.2, 0) is 0 Å². The molecule has 4 bridgehead atoms. The lowest BCUT2D eigenvalue weighted by Gasteiger charge is -2.59. The first-order valence-electron chi connectivity index (χ1n) is 9.13. The van der Waals surface area contributed by atoms with Crippen LogP contribution in [0.3, 0.4) is 0 Å². The number of hydrogen-bond donors (Lipinski definition) is 1. The molecule has 5 rings (SSSR count). The number of nitrogens with zero attached hydrogens (tertiary/aromatic N) is 2. The van der Waals surface area contributed by atoms with Crippen LogP contribution in [0.15, 0.2) is 12.3 Å². The first kappa shape index (κ1) is 16.0. The van der Waals surface area contributed by atoms with E-state index in [1.165, 1.54) is 50.8 Å². The summed E-state index contributed by atoms with van der Waals surface area (Å²) < 4.78 is 26.5. The minimum absolute atomic E-state index is 0.0480. The van der Waals surface area contributed by atoms with Crippen molar-refractivity contribution >= 4 is 5.91 Å². The Morgan fingerprint density at radius 3 is 2.38 bits per heavy atom. The highest BCUT2D eigenvalue weighted by Gasteiger charge is 2.54. The van der Waals surface area contributed by atoms with E-state index in [0.29, 0.717) is 4.68 Å². The number of hydrogen-bond acceptors (Lipinski definition) is 2. The normalized spacial score (nSPS) is 35.4. The Bertz CT molecular complexity index is 592. The predicted molar refractivity (Wildman–Crippen MR) is 85.6 cm³/mol. The largest absolute Gasteiger partial charge is 0.347 e. The van der Waals surface area contributed by atoms with E-state index in [-0.39, 0.29) is 17.2 Å². The number of aromatic nitrogens is 2. The van der Waals surface area contributed by atoms with Gasteiger partial charge >= 0.3 is 6.55 Å². The quantitative estimate of drug-likeness (QED) is 0.883. The van der Waals surface area contributed by atoms with Crippen LogP contribution in [0.5, 0.6) is 0 Å². The number of nitrogens with one attached hydrogen (secondary N) is 1. The predicted octanol–water partition coefficient (Wildman–Crippen LogP) is 4.00. The van der Waals surface area contributed by atoms with Crippen LogP contribution in [0, 0.1) is 23.2 Å². The number of amides is 1. The van der Waals surface area contributed by atoms with Crippen LogP contribution in [-0.4, -0.2) is 21.7 Å². The van der Waals surface area contributed by atoms with E-state index in [1.54, 1.807) is 0 Å². The Balaban J connectivity index is 1.54. The molecule has 1 aromatic heterocycles. The second-order valence-electron chi connectivity index (χ2n) is 8.15. The summed E-state index contributed by atoms with van der Waals surface area (Å²) in [5, 5.41) is 6.66. The Labute approximate surface area is 141 Å². The minimum atomic E-state index is -2.79. The highest BCUT2D eigenvalue weighted by molar-refractivity contribution is 5.92. The summed E-state index contributed by atoms with van der Waals surface area (Å²) in [6.07, 6.45) is 9.71. The monoisotopic (exact) mass is 337 g/mol. The van der Waals surface area contributed by atoms with Gasteiger partial charge in [0, 0.05) is 12.2 Å². The molecule has 1 atom stereocenters. The van der Waals surface area contributed by atoms with E-state index in [9.17, 15) is 13.6 Å². The highest BCUT2D eigenvalue weighted by atomic mass is 19.3. The van der Waals surface area contributed by atoms with Crippen LogP contribution in [0.1, 0.15) is 68.9 Å². The van der Waals surface area contributed by atoms with E-state index in [0.717, 1.165) is 24.2 Å². The van der Waals surface area contributed by atoms with Gasteiger partial charge in [0.15, 0.2) is 0 Å². The average molecular weight is 337 g/mol. The number of rotatable bonds is 5. The zero-order valence-electron chi connectivity index (χ0n) is 14.0. The van der Waals surface area contributed by atoms with Gasteiger partial charge in [-0.2, -0.15) is 18.6 Å². The van der Waals surface area contributed by atoms with E-state index in [4.69, 9.17) is 0 Å². The smallest absolute Gasteiger partial charge is 0.333 e. The Hall–Kier alpha value is -1.46. The molecule has 0 aliphatic heterocycles. The third-order valence-corrected chi connectivity index (χ3v) is 6.63. The van der Waals surface area contributed by atoms with Crippen LogP contribution < -0.4 is 5.32 Å². The summed E-state index contributed by atoms with van der Waals surface area (Å²) in [4.78, 5) is 12.6. The minimum Gasteiger partial charge on any atom is -0.347 e. The molecular formula is C18H25F2N3O. The molecule has 0 radical (unpaired) electrons. The fraction of sp³-hybridized carbons (Fsp3) is 0.778. The molecule has 0 unspecified atom stereocenters. The standard InChI is InChI=1S/C18H25F2N3O/c1-2-15(22-16(24)14-3-4-21-23(14)17(19)20)18-8-11-5-12(9-18)7-13(6-11)10-18/h3-4,11-13,15,17H,2,5-10H2,1H3,(H,22,24)/t11?,12?,13?,15-,18?/m0/s1. The Morgan fingerprint density at radius 2 is 1.88 bits per heavy atom. The highest BCUT2D eigenvalue weighted by Crippen LogP contribution is 2.61. The van der Waals surface area contributed by atoms with Crippen molar-refractivity contribution < 1.29 is 13.6 Å². The molecule has 4 aliphatic carbocycles. The van der Waals surface area contributed by atoms with Crippen LogP contribution in [0.4, 0.5) is 8.78 Å². The second-order valence-corrected chi connectivity index (χ2v) is 8.15. The van der Waals surface area contributed by atoms with E-state index in [2.05, 4.69) is 17.3 Å². The van der Waals surface area contributed by atoms with Gasteiger partial charge in [0.2, 0.25) is 0 Å². The van der Waals surface area contributed by atoms with Crippen molar-refractivity contribution in [2.75, 3.05) is 0 Å². The third-order valence-electron chi connectivity index (χ3n) is 6.63. The lowest BCUT2D eigenvalue weighted by Crippen LogP contribution is -2.56. The van der Waals surface area contributed by atoms with Crippen LogP contribution in [0.2, 0.25) is 0 Å². The number of alkyl halides is 2. The summed E-state index contributed by atoms with van der Waals surface area (Å²) in [5.74, 6) is 1.98. The molecule has 0 aromatic carbocycles. The van der Waals surface area contributed by atoms with Crippen molar-refractivity contribution in [2.45, 2.75) is 64.5 Å². The van der Waals surface area contributed by atoms with Crippen LogP contribution >= 0.6 is 0 Å². The number of carbonyl (C=O) groups is 1. The van der Waals surface area contributed by atoms with Gasteiger partial charge in [-0.15, -0.1) is 0 Å². The zero-order chi connectivity index (χ0) is 16.9. The Kier molecular flexibility index (Phi) is 3.88. The molecule has 4 saturated carbocycles. The maximum Gasteiger partial charge on any atom is 0.333 e. The summed E-state index contributed by atoms with van der Waals surface area (Å²) in [6, 6.07) is 1.44. The molecule has 0 saturated heterocycles. The second kappa shape index (κ2) is 5.81. The van der Waals surface area contributed by atoms with Crippen molar-refractivity contribution in [3.8, 4) is 0 Å². The van der Waals surface area contributed by atoms with Crippen molar-refractivity contribution in [3.63, 3.8) is 0 Å². The van der Waals surface area contributed by atoms with Gasteiger partial charge < -0.3 is 5.32 Å². The average Bonchev–Trinajstić information content (AvgIpc) is 3.00. The van der Waals surface area contributed by atoms with Gasteiger partial charge in [-0.3, -0.25) is 4.79 Å². The molecule has 1 N–H and O–H groups in total. The molecule has 4 aliphatic rings. The molecule has 4 nitrogen and oxygen atoms in total. The van der Waals surface area contributed by atoms with Gasteiger partial charge in [-0.1, -0.05) is 6.92 Å². The lowest BCUT2D eigenvalue weighted by atomic mass is 9.47. The molecule has 1 amide bonds.